The van der Waals surface area contributed by atoms with Crippen LogP contribution < -0.4 is 5.32 Å². The maximum absolute atomic E-state index is 12.0. The second-order valence-electron chi connectivity index (χ2n) is 5.53. The van der Waals surface area contributed by atoms with Crippen LogP contribution in [0.2, 0.25) is 10.0 Å². The van der Waals surface area contributed by atoms with E-state index in [1.54, 1.807) is 18.2 Å². The fourth-order valence-electron chi connectivity index (χ4n) is 2.68. The number of carbonyl (C=O) groups is 1. The summed E-state index contributed by atoms with van der Waals surface area (Å²) in [7, 11) is 0. The van der Waals surface area contributed by atoms with Gasteiger partial charge in [0.2, 0.25) is 0 Å². The number of benzene rings is 1. The number of ether oxygens (including phenoxy) is 1. The van der Waals surface area contributed by atoms with Gasteiger partial charge in [-0.05, 0) is 30.9 Å². The van der Waals surface area contributed by atoms with Gasteiger partial charge in [-0.3, -0.25) is 4.79 Å². The Morgan fingerprint density at radius 2 is 2.10 bits per heavy atom. The average Bonchev–Trinajstić information content (AvgIpc) is 2.48. The van der Waals surface area contributed by atoms with E-state index in [0.29, 0.717) is 40.8 Å². The van der Waals surface area contributed by atoms with E-state index in [0.717, 1.165) is 6.42 Å². The van der Waals surface area contributed by atoms with Crippen molar-refractivity contribution in [1.82, 2.24) is 5.32 Å². The van der Waals surface area contributed by atoms with Gasteiger partial charge in [-0.15, -0.1) is 0 Å². The highest BCUT2D eigenvalue weighted by atomic mass is 35.5. The molecule has 1 aromatic carbocycles. The Labute approximate surface area is 136 Å². The predicted octanol–water partition coefficient (Wildman–Crippen LogP) is 4.32. The van der Waals surface area contributed by atoms with E-state index in [2.05, 4.69) is 12.2 Å². The van der Waals surface area contributed by atoms with E-state index in [1.807, 2.05) is 0 Å². The predicted molar refractivity (Wildman–Crippen MR) is 86.2 cm³/mol. The van der Waals surface area contributed by atoms with Crippen LogP contribution in [0.1, 0.15) is 43.0 Å². The molecule has 1 saturated carbocycles. The molecule has 0 aliphatic heterocycles. The van der Waals surface area contributed by atoms with Gasteiger partial charge < -0.3 is 10.1 Å². The normalized spacial score (nSPS) is 22.0. The second-order valence-corrected chi connectivity index (χ2v) is 6.31. The molecule has 0 unspecified atom stereocenters. The molecule has 0 spiro atoms. The summed E-state index contributed by atoms with van der Waals surface area (Å²) in [5, 5.41) is 3.49. The summed E-state index contributed by atoms with van der Waals surface area (Å²) < 4.78 is 5.86. The zero-order chi connectivity index (χ0) is 15.2. The molecule has 0 saturated heterocycles. The minimum atomic E-state index is -0.220. The van der Waals surface area contributed by atoms with E-state index in [1.165, 1.54) is 19.3 Å². The first-order valence-corrected chi connectivity index (χ1v) is 8.19. The fraction of sp³-hybridized carbons (Fsp3) is 0.562. The first-order chi connectivity index (χ1) is 10.1. The van der Waals surface area contributed by atoms with Crippen molar-refractivity contribution in [3.8, 4) is 0 Å². The van der Waals surface area contributed by atoms with Crippen molar-refractivity contribution in [3.05, 3.63) is 33.8 Å². The lowest BCUT2D eigenvalue weighted by atomic mass is 9.88. The van der Waals surface area contributed by atoms with Crippen LogP contribution in [0.5, 0.6) is 0 Å². The van der Waals surface area contributed by atoms with Crippen LogP contribution in [-0.2, 0) is 4.74 Å². The summed E-state index contributed by atoms with van der Waals surface area (Å²) in [5.74, 6) is 0.389. The van der Waals surface area contributed by atoms with Gasteiger partial charge in [0.15, 0.2) is 0 Å². The van der Waals surface area contributed by atoms with Gasteiger partial charge in [0, 0.05) is 6.54 Å². The summed E-state index contributed by atoms with van der Waals surface area (Å²) in [6, 6.07) is 5.03. The zero-order valence-corrected chi connectivity index (χ0v) is 13.7. The van der Waals surface area contributed by atoms with Crippen LogP contribution in [0, 0.1) is 5.92 Å². The van der Waals surface area contributed by atoms with Gasteiger partial charge in [-0.2, -0.15) is 0 Å². The summed E-state index contributed by atoms with van der Waals surface area (Å²) in [4.78, 5) is 12.0. The molecule has 1 N–H and O–H groups in total. The number of amides is 1. The van der Waals surface area contributed by atoms with Crippen LogP contribution >= 0.6 is 23.2 Å². The molecule has 0 bridgehead atoms. The quantitative estimate of drug-likeness (QED) is 0.817. The SMILES string of the molecule is C[C@H]1CCCC[C@H]1OCCNC(=O)c1cccc(Cl)c1Cl. The van der Waals surface area contributed by atoms with Crippen molar-refractivity contribution in [2.75, 3.05) is 13.2 Å². The Morgan fingerprint density at radius 3 is 2.86 bits per heavy atom. The molecule has 2 rings (SSSR count). The number of rotatable bonds is 5. The Hall–Kier alpha value is -0.770. The van der Waals surface area contributed by atoms with E-state index in [-0.39, 0.29) is 5.91 Å². The van der Waals surface area contributed by atoms with Crippen molar-refractivity contribution >= 4 is 29.1 Å². The Morgan fingerprint density at radius 1 is 1.33 bits per heavy atom. The van der Waals surface area contributed by atoms with Gasteiger partial charge in [0.05, 0.1) is 28.3 Å². The van der Waals surface area contributed by atoms with Crippen molar-refractivity contribution in [3.63, 3.8) is 0 Å². The molecule has 5 heteroatoms. The number of halogens is 2. The summed E-state index contributed by atoms with van der Waals surface area (Å²) >= 11 is 11.9. The van der Waals surface area contributed by atoms with Gasteiger partial charge >= 0.3 is 0 Å². The smallest absolute Gasteiger partial charge is 0.252 e. The third-order valence-electron chi connectivity index (χ3n) is 3.95. The number of carbonyl (C=O) groups excluding carboxylic acids is 1. The number of hydrogen-bond donors (Lipinski definition) is 1. The molecule has 21 heavy (non-hydrogen) atoms. The lowest BCUT2D eigenvalue weighted by Gasteiger charge is -2.28. The summed E-state index contributed by atoms with van der Waals surface area (Å²) in [6.45, 7) is 3.23. The van der Waals surface area contributed by atoms with E-state index in [9.17, 15) is 4.79 Å². The maximum atomic E-state index is 12.0. The Kier molecular flexibility index (Phi) is 6.34. The standard InChI is InChI=1S/C16H21Cl2NO2/c1-11-5-2-3-8-14(11)21-10-9-19-16(20)12-6-4-7-13(17)15(12)18/h4,6-7,11,14H,2-3,5,8-10H2,1H3,(H,19,20)/t11-,14+/m0/s1. The zero-order valence-electron chi connectivity index (χ0n) is 12.2. The third-order valence-corrected chi connectivity index (χ3v) is 4.77. The first kappa shape index (κ1) is 16.6. The molecule has 1 aliphatic carbocycles. The van der Waals surface area contributed by atoms with Crippen LogP contribution in [0.3, 0.4) is 0 Å². The highest BCUT2D eigenvalue weighted by Crippen LogP contribution is 2.26. The van der Waals surface area contributed by atoms with E-state index < -0.39 is 0 Å². The topological polar surface area (TPSA) is 38.3 Å². The lowest BCUT2D eigenvalue weighted by Crippen LogP contribution is -2.31. The van der Waals surface area contributed by atoms with Crippen molar-refractivity contribution < 1.29 is 9.53 Å². The van der Waals surface area contributed by atoms with E-state index in [4.69, 9.17) is 27.9 Å². The molecule has 3 nitrogen and oxygen atoms in total. The van der Waals surface area contributed by atoms with Gasteiger partial charge in [-0.1, -0.05) is 49.0 Å². The number of hydrogen-bond acceptors (Lipinski definition) is 2. The van der Waals surface area contributed by atoms with Crippen LogP contribution in [0.15, 0.2) is 18.2 Å². The minimum absolute atomic E-state index is 0.220. The minimum Gasteiger partial charge on any atom is -0.376 e. The number of nitrogens with one attached hydrogen (secondary N) is 1. The third kappa shape index (κ3) is 4.60. The molecule has 2 atom stereocenters. The molecule has 1 amide bonds. The molecular weight excluding hydrogens is 309 g/mol. The molecule has 1 aromatic rings. The summed E-state index contributed by atoms with van der Waals surface area (Å²) in [5.41, 5.74) is 0.398. The molecule has 0 aromatic heterocycles. The molecule has 1 aliphatic rings. The molecule has 0 radical (unpaired) electrons. The van der Waals surface area contributed by atoms with Gasteiger partial charge in [-0.25, -0.2) is 0 Å². The molecule has 0 heterocycles. The van der Waals surface area contributed by atoms with Crippen LogP contribution in [0.4, 0.5) is 0 Å². The highest BCUT2D eigenvalue weighted by Gasteiger charge is 2.21. The monoisotopic (exact) mass is 329 g/mol. The second kappa shape index (κ2) is 8.02. The lowest BCUT2D eigenvalue weighted by molar-refractivity contribution is -0.00293. The average molecular weight is 330 g/mol. The summed E-state index contributed by atoms with van der Waals surface area (Å²) in [6.07, 6.45) is 5.21. The fourth-order valence-corrected chi connectivity index (χ4v) is 3.07. The Balaban J connectivity index is 1.75. The van der Waals surface area contributed by atoms with Crippen LogP contribution in [-0.4, -0.2) is 25.2 Å². The van der Waals surface area contributed by atoms with Crippen molar-refractivity contribution in [1.29, 1.82) is 0 Å². The van der Waals surface area contributed by atoms with Crippen LogP contribution in [0.25, 0.3) is 0 Å². The maximum Gasteiger partial charge on any atom is 0.252 e. The van der Waals surface area contributed by atoms with Crippen molar-refractivity contribution in [2.45, 2.75) is 38.7 Å². The van der Waals surface area contributed by atoms with Gasteiger partial charge in [0.1, 0.15) is 0 Å². The Bertz CT molecular complexity index is 493. The molecule has 116 valence electrons. The van der Waals surface area contributed by atoms with Gasteiger partial charge in [0.25, 0.3) is 5.91 Å². The molecule has 1 fully saturated rings. The van der Waals surface area contributed by atoms with Crippen molar-refractivity contribution in [2.24, 2.45) is 5.92 Å². The first-order valence-electron chi connectivity index (χ1n) is 7.43. The largest absolute Gasteiger partial charge is 0.376 e. The van der Waals surface area contributed by atoms with E-state index >= 15 is 0 Å². The molecular formula is C16H21Cl2NO2. The highest BCUT2D eigenvalue weighted by molar-refractivity contribution is 6.43.